The Bertz CT molecular complexity index is 833. The smallest absolute Gasteiger partial charge is 0.243 e. The number of benzene rings is 3. The minimum absolute atomic E-state index is 0.0564. The minimum Gasteiger partial charge on any atom is -0.493 e. The van der Waals surface area contributed by atoms with Gasteiger partial charge in [0, 0.05) is 24.8 Å². The highest BCUT2D eigenvalue weighted by Crippen LogP contribution is 2.17. The number of nitrogens with one attached hydrogen (secondary N) is 1. The molecule has 138 valence electrons. The van der Waals surface area contributed by atoms with E-state index in [1.165, 1.54) is 5.56 Å². The molecule has 0 heterocycles. The number of para-hydroxylation sites is 1. The van der Waals surface area contributed by atoms with Gasteiger partial charge in [-0.15, -0.1) is 0 Å². The number of rotatable bonds is 8. The fourth-order valence-corrected chi connectivity index (χ4v) is 2.76. The second kappa shape index (κ2) is 9.43. The first-order chi connectivity index (χ1) is 13.2. The third-order valence-corrected chi connectivity index (χ3v) is 4.22. The number of amides is 1. The van der Waals surface area contributed by atoms with Gasteiger partial charge in [-0.2, -0.15) is 0 Å². The third-order valence-electron chi connectivity index (χ3n) is 4.22. The zero-order valence-electron chi connectivity index (χ0n) is 15.5. The number of carbonyl (C=O) groups excluding carboxylic acids is 1. The molecule has 4 heteroatoms. The highest BCUT2D eigenvalue weighted by atomic mass is 16.5. The Morgan fingerprint density at radius 3 is 2.19 bits per heavy atom. The van der Waals surface area contributed by atoms with Gasteiger partial charge in [0.1, 0.15) is 5.75 Å². The van der Waals surface area contributed by atoms with Gasteiger partial charge in [0.15, 0.2) is 0 Å². The molecule has 3 rings (SSSR count). The van der Waals surface area contributed by atoms with Crippen molar-refractivity contribution in [3.05, 3.63) is 90.5 Å². The number of likely N-dealkylation sites (N-methyl/N-ethyl adjacent to an activating group) is 1. The Morgan fingerprint density at radius 1 is 0.889 bits per heavy atom. The van der Waals surface area contributed by atoms with E-state index >= 15 is 0 Å². The van der Waals surface area contributed by atoms with E-state index in [0.717, 1.165) is 23.5 Å². The molecule has 27 heavy (non-hydrogen) atoms. The molecule has 0 aliphatic heterocycles. The largest absolute Gasteiger partial charge is 0.493 e. The van der Waals surface area contributed by atoms with Crippen LogP contribution >= 0.6 is 0 Å². The van der Waals surface area contributed by atoms with Crippen LogP contribution in [-0.2, 0) is 11.2 Å². The van der Waals surface area contributed by atoms with Crippen molar-refractivity contribution in [2.24, 2.45) is 0 Å². The monoisotopic (exact) mass is 360 g/mol. The van der Waals surface area contributed by atoms with Crippen LogP contribution in [0.1, 0.15) is 5.56 Å². The summed E-state index contributed by atoms with van der Waals surface area (Å²) in [6, 6.07) is 27.6. The summed E-state index contributed by atoms with van der Waals surface area (Å²) in [5.41, 5.74) is 3.02. The molecule has 0 saturated heterocycles. The number of hydrogen-bond donors (Lipinski definition) is 1. The lowest BCUT2D eigenvalue weighted by Gasteiger charge is -2.18. The lowest BCUT2D eigenvalue weighted by Crippen LogP contribution is -2.29. The first-order valence-corrected chi connectivity index (χ1v) is 9.03. The van der Waals surface area contributed by atoms with E-state index in [9.17, 15) is 4.79 Å². The second-order valence-electron chi connectivity index (χ2n) is 6.35. The summed E-state index contributed by atoms with van der Waals surface area (Å²) in [5, 5.41) is 2.92. The summed E-state index contributed by atoms with van der Waals surface area (Å²) < 4.78 is 5.77. The molecule has 0 aromatic heterocycles. The van der Waals surface area contributed by atoms with Crippen LogP contribution in [0.5, 0.6) is 5.75 Å². The normalized spacial score (nSPS) is 10.3. The van der Waals surface area contributed by atoms with Crippen LogP contribution in [0, 0.1) is 0 Å². The quantitative estimate of drug-likeness (QED) is 0.648. The van der Waals surface area contributed by atoms with Gasteiger partial charge in [0.05, 0.1) is 13.2 Å². The van der Waals surface area contributed by atoms with Gasteiger partial charge in [0.2, 0.25) is 5.91 Å². The maximum absolute atomic E-state index is 12.2. The van der Waals surface area contributed by atoms with Crippen LogP contribution in [-0.4, -0.2) is 26.1 Å². The van der Waals surface area contributed by atoms with Crippen molar-refractivity contribution in [3.8, 4) is 5.75 Å². The number of hydrogen-bond acceptors (Lipinski definition) is 3. The van der Waals surface area contributed by atoms with Gasteiger partial charge in [-0.3, -0.25) is 4.79 Å². The Kier molecular flexibility index (Phi) is 6.47. The van der Waals surface area contributed by atoms with E-state index in [1.807, 2.05) is 84.7 Å². The first-order valence-electron chi connectivity index (χ1n) is 9.03. The van der Waals surface area contributed by atoms with Gasteiger partial charge in [-0.1, -0.05) is 48.5 Å². The predicted molar refractivity (Wildman–Crippen MR) is 110 cm³/mol. The average Bonchev–Trinajstić information content (AvgIpc) is 2.71. The van der Waals surface area contributed by atoms with Crippen molar-refractivity contribution in [1.29, 1.82) is 0 Å². The van der Waals surface area contributed by atoms with Gasteiger partial charge in [-0.05, 0) is 42.0 Å². The lowest BCUT2D eigenvalue weighted by molar-refractivity contribution is -0.114. The molecule has 0 unspecified atom stereocenters. The Labute approximate surface area is 160 Å². The maximum atomic E-state index is 12.2. The molecule has 4 nitrogen and oxygen atoms in total. The molecular weight excluding hydrogens is 336 g/mol. The predicted octanol–water partition coefficient (Wildman–Crippen LogP) is 4.38. The number of nitrogens with zero attached hydrogens (tertiary/aromatic N) is 1. The standard InChI is InChI=1S/C23H24N2O2/c1-25(21-10-6-3-7-11-21)18-23(26)24-20-12-14-22(15-13-20)27-17-16-19-8-4-2-5-9-19/h2-15H,16-18H2,1H3,(H,24,26). The number of anilines is 2. The van der Waals surface area contributed by atoms with Gasteiger partial charge >= 0.3 is 0 Å². The van der Waals surface area contributed by atoms with E-state index in [0.29, 0.717) is 13.2 Å². The van der Waals surface area contributed by atoms with Crippen molar-refractivity contribution in [3.63, 3.8) is 0 Å². The van der Waals surface area contributed by atoms with Crippen molar-refractivity contribution in [2.75, 3.05) is 30.4 Å². The summed E-state index contributed by atoms with van der Waals surface area (Å²) in [4.78, 5) is 14.1. The van der Waals surface area contributed by atoms with Crippen LogP contribution < -0.4 is 15.0 Å². The van der Waals surface area contributed by atoms with Gasteiger partial charge in [0.25, 0.3) is 0 Å². The molecule has 0 atom stereocenters. The Balaban J connectivity index is 1.45. The minimum atomic E-state index is -0.0564. The van der Waals surface area contributed by atoms with E-state index in [-0.39, 0.29) is 5.91 Å². The molecule has 3 aromatic rings. The Hall–Kier alpha value is -3.27. The van der Waals surface area contributed by atoms with E-state index in [4.69, 9.17) is 4.74 Å². The highest BCUT2D eigenvalue weighted by molar-refractivity contribution is 5.94. The summed E-state index contributed by atoms with van der Waals surface area (Å²) >= 11 is 0. The molecule has 0 spiro atoms. The molecule has 0 saturated carbocycles. The first kappa shape index (κ1) is 18.5. The molecule has 0 bridgehead atoms. The Morgan fingerprint density at radius 2 is 1.52 bits per heavy atom. The maximum Gasteiger partial charge on any atom is 0.243 e. The molecule has 0 fully saturated rings. The summed E-state index contributed by atoms with van der Waals surface area (Å²) in [6.45, 7) is 0.914. The molecule has 3 aromatic carbocycles. The zero-order valence-corrected chi connectivity index (χ0v) is 15.5. The highest BCUT2D eigenvalue weighted by Gasteiger charge is 2.07. The van der Waals surface area contributed by atoms with Crippen LogP contribution in [0.4, 0.5) is 11.4 Å². The van der Waals surface area contributed by atoms with Crippen LogP contribution in [0.2, 0.25) is 0 Å². The van der Waals surface area contributed by atoms with E-state index in [1.54, 1.807) is 0 Å². The topological polar surface area (TPSA) is 41.6 Å². The summed E-state index contributed by atoms with van der Waals surface area (Å²) in [5.74, 6) is 0.740. The molecule has 0 aliphatic carbocycles. The van der Waals surface area contributed by atoms with Crippen LogP contribution in [0.3, 0.4) is 0 Å². The molecule has 1 N–H and O–H groups in total. The van der Waals surface area contributed by atoms with Crippen molar-refractivity contribution < 1.29 is 9.53 Å². The third kappa shape index (κ3) is 5.89. The second-order valence-corrected chi connectivity index (χ2v) is 6.35. The molecule has 0 radical (unpaired) electrons. The van der Waals surface area contributed by atoms with Crippen molar-refractivity contribution in [1.82, 2.24) is 0 Å². The lowest BCUT2D eigenvalue weighted by atomic mass is 10.2. The van der Waals surface area contributed by atoms with Crippen LogP contribution in [0.25, 0.3) is 0 Å². The molecule has 1 amide bonds. The van der Waals surface area contributed by atoms with Crippen molar-refractivity contribution in [2.45, 2.75) is 6.42 Å². The number of carbonyl (C=O) groups is 1. The average molecular weight is 360 g/mol. The molecular formula is C23H24N2O2. The van der Waals surface area contributed by atoms with Crippen molar-refractivity contribution >= 4 is 17.3 Å². The fraction of sp³-hybridized carbons (Fsp3) is 0.174. The fourth-order valence-electron chi connectivity index (χ4n) is 2.76. The van der Waals surface area contributed by atoms with Gasteiger partial charge in [-0.25, -0.2) is 0 Å². The van der Waals surface area contributed by atoms with Crippen LogP contribution in [0.15, 0.2) is 84.9 Å². The van der Waals surface area contributed by atoms with E-state index in [2.05, 4.69) is 17.4 Å². The summed E-state index contributed by atoms with van der Waals surface area (Å²) in [6.07, 6.45) is 0.866. The van der Waals surface area contributed by atoms with E-state index < -0.39 is 0 Å². The number of ether oxygens (including phenoxy) is 1. The zero-order chi connectivity index (χ0) is 18.9. The summed E-state index contributed by atoms with van der Waals surface area (Å²) in [7, 11) is 1.90. The molecule has 0 aliphatic rings. The SMILES string of the molecule is CN(CC(=O)Nc1ccc(OCCc2ccccc2)cc1)c1ccccc1. The van der Waals surface area contributed by atoms with Gasteiger partial charge < -0.3 is 15.0 Å².